The molecule has 1 heterocycles. The lowest BCUT2D eigenvalue weighted by atomic mass is 10.1. The lowest BCUT2D eigenvalue weighted by Gasteiger charge is -2.18. The first-order chi connectivity index (χ1) is 16.2. The number of aliphatic hydroxyl groups excluding tert-OH is 1. The second kappa shape index (κ2) is 11.4. The molecular formula is C26H26F3NO3S. The number of aliphatic hydroxyl groups is 1. The molecule has 34 heavy (non-hydrogen) atoms. The molecule has 8 heteroatoms. The number of aromatic nitrogens is 1. The molecular weight excluding hydrogens is 463 g/mol. The zero-order valence-electron chi connectivity index (χ0n) is 18.9. The number of ether oxygens (including phenoxy) is 2. The van der Waals surface area contributed by atoms with E-state index in [1.165, 1.54) is 12.1 Å². The molecule has 180 valence electrons. The predicted octanol–water partition coefficient (Wildman–Crippen LogP) is 7.40. The van der Waals surface area contributed by atoms with Gasteiger partial charge in [-0.05, 0) is 61.9 Å². The fourth-order valence-electron chi connectivity index (χ4n) is 3.21. The van der Waals surface area contributed by atoms with E-state index in [9.17, 15) is 18.3 Å². The Morgan fingerprint density at radius 1 is 1.12 bits per heavy atom. The number of rotatable bonds is 10. The summed E-state index contributed by atoms with van der Waals surface area (Å²) in [6, 6.07) is 16.3. The van der Waals surface area contributed by atoms with E-state index in [0.29, 0.717) is 30.2 Å². The van der Waals surface area contributed by atoms with E-state index in [2.05, 4.69) is 6.58 Å². The Balaban J connectivity index is 1.83. The predicted molar refractivity (Wildman–Crippen MR) is 128 cm³/mol. The van der Waals surface area contributed by atoms with Crippen molar-refractivity contribution in [2.75, 3.05) is 19.8 Å². The monoisotopic (exact) mass is 489 g/mol. The van der Waals surface area contributed by atoms with E-state index in [1.54, 1.807) is 17.8 Å². The Bertz CT molecular complexity index is 1120. The highest BCUT2D eigenvalue weighted by Gasteiger charge is 2.30. The molecule has 0 aliphatic heterocycles. The van der Waals surface area contributed by atoms with Crippen LogP contribution in [0.4, 0.5) is 13.2 Å². The number of nitrogens with zero attached hydrogens (tertiary/aromatic N) is 1. The maximum atomic E-state index is 12.9. The molecule has 1 aromatic heterocycles. The van der Waals surface area contributed by atoms with Crippen molar-refractivity contribution < 1.29 is 27.8 Å². The lowest BCUT2D eigenvalue weighted by Crippen LogP contribution is -2.07. The van der Waals surface area contributed by atoms with Crippen LogP contribution in [-0.2, 0) is 10.9 Å². The minimum Gasteiger partial charge on any atom is -0.509 e. The second-order valence-corrected chi connectivity index (χ2v) is 8.85. The maximum Gasteiger partial charge on any atom is 0.416 e. The summed E-state index contributed by atoms with van der Waals surface area (Å²) in [6.07, 6.45) is -4.38. The van der Waals surface area contributed by atoms with Gasteiger partial charge in [0.2, 0.25) is 0 Å². The van der Waals surface area contributed by atoms with E-state index in [4.69, 9.17) is 14.5 Å². The van der Waals surface area contributed by atoms with Crippen LogP contribution in [0.15, 0.2) is 77.9 Å². The van der Waals surface area contributed by atoms with Gasteiger partial charge in [-0.2, -0.15) is 13.2 Å². The number of benzene rings is 2. The molecule has 3 aromatic rings. The number of hydrogen-bond acceptors (Lipinski definition) is 5. The smallest absolute Gasteiger partial charge is 0.416 e. The topological polar surface area (TPSA) is 51.6 Å². The van der Waals surface area contributed by atoms with E-state index in [-0.39, 0.29) is 17.6 Å². The second-order valence-electron chi connectivity index (χ2n) is 7.57. The zero-order chi connectivity index (χ0) is 24.7. The molecule has 0 fully saturated rings. The van der Waals surface area contributed by atoms with Gasteiger partial charge >= 0.3 is 6.18 Å². The van der Waals surface area contributed by atoms with Crippen molar-refractivity contribution in [3.8, 4) is 17.0 Å². The number of pyridine rings is 1. The van der Waals surface area contributed by atoms with Crippen molar-refractivity contribution in [3.63, 3.8) is 0 Å². The van der Waals surface area contributed by atoms with Crippen LogP contribution in [0.2, 0.25) is 0 Å². The molecule has 0 bridgehead atoms. The van der Waals surface area contributed by atoms with Crippen molar-refractivity contribution in [2.45, 2.75) is 30.2 Å². The summed E-state index contributed by atoms with van der Waals surface area (Å²) in [5.41, 5.74) is 2.19. The number of aryl methyl sites for hydroxylation is 1. The summed E-state index contributed by atoms with van der Waals surface area (Å²) in [7, 11) is 0. The van der Waals surface area contributed by atoms with Crippen LogP contribution in [-0.4, -0.2) is 29.9 Å². The van der Waals surface area contributed by atoms with Gasteiger partial charge in [0.05, 0.1) is 28.8 Å². The normalized spacial score (nSPS) is 12.4. The summed E-state index contributed by atoms with van der Waals surface area (Å²) in [5.74, 6) is 0.608. The van der Waals surface area contributed by atoms with Gasteiger partial charge < -0.3 is 14.6 Å². The van der Waals surface area contributed by atoms with E-state index in [1.807, 2.05) is 44.2 Å². The molecule has 2 aromatic carbocycles. The van der Waals surface area contributed by atoms with Gasteiger partial charge in [-0.1, -0.05) is 24.8 Å². The molecule has 0 saturated carbocycles. The van der Waals surface area contributed by atoms with Crippen LogP contribution in [0.1, 0.15) is 29.0 Å². The van der Waals surface area contributed by atoms with Crippen LogP contribution in [0, 0.1) is 6.92 Å². The highest BCUT2D eigenvalue weighted by molar-refractivity contribution is 7.99. The Hall–Kier alpha value is -2.97. The molecule has 1 N–H and O–H groups in total. The third-order valence-electron chi connectivity index (χ3n) is 4.90. The lowest BCUT2D eigenvalue weighted by molar-refractivity contribution is -0.137. The van der Waals surface area contributed by atoms with Crippen LogP contribution in [0.3, 0.4) is 0 Å². The fraction of sp³-hybridized carbons (Fsp3) is 0.269. The largest absolute Gasteiger partial charge is 0.509 e. The Kier molecular flexibility index (Phi) is 8.63. The van der Waals surface area contributed by atoms with Gasteiger partial charge in [-0.3, -0.25) is 4.98 Å². The first-order valence-corrected chi connectivity index (χ1v) is 11.5. The quantitative estimate of drug-likeness (QED) is 0.238. The van der Waals surface area contributed by atoms with Crippen LogP contribution < -0.4 is 4.74 Å². The van der Waals surface area contributed by atoms with Crippen molar-refractivity contribution in [2.24, 2.45) is 0 Å². The van der Waals surface area contributed by atoms with Crippen LogP contribution in [0.5, 0.6) is 5.75 Å². The van der Waals surface area contributed by atoms with E-state index < -0.39 is 11.7 Å². The first-order valence-electron chi connectivity index (χ1n) is 10.7. The highest BCUT2D eigenvalue weighted by Crippen LogP contribution is 2.37. The standard InChI is InChI=1S/C26H26F3NO3S/c1-4-32-16-25(34-21-12-13-24(17(2)14-21)33-15-18(3)31)23-7-5-6-22(30-23)19-8-10-20(11-9-19)26(27,28)29/h5-14,25,31H,3-4,15-16H2,1-2H3. The summed E-state index contributed by atoms with van der Waals surface area (Å²) >= 11 is 1.58. The third-order valence-corrected chi connectivity index (χ3v) is 6.09. The first kappa shape index (κ1) is 25.6. The van der Waals surface area contributed by atoms with Crippen molar-refractivity contribution in [3.05, 3.63) is 89.8 Å². The van der Waals surface area contributed by atoms with Gasteiger partial charge in [-0.15, -0.1) is 11.8 Å². The number of alkyl halides is 3. The maximum absolute atomic E-state index is 12.9. The molecule has 0 radical (unpaired) electrons. The van der Waals surface area contributed by atoms with Crippen molar-refractivity contribution in [1.29, 1.82) is 0 Å². The van der Waals surface area contributed by atoms with Gasteiger partial charge in [0.15, 0.2) is 0 Å². The zero-order valence-corrected chi connectivity index (χ0v) is 19.7. The Morgan fingerprint density at radius 3 is 2.47 bits per heavy atom. The SMILES string of the molecule is C=C(O)COc1ccc(SC(COCC)c2cccc(-c3ccc(C(F)(F)F)cc3)n2)cc1C. The average molecular weight is 490 g/mol. The van der Waals surface area contributed by atoms with Gasteiger partial charge in [0.1, 0.15) is 18.1 Å². The number of halogens is 3. The molecule has 0 amide bonds. The van der Waals surface area contributed by atoms with Crippen molar-refractivity contribution in [1.82, 2.24) is 4.98 Å². The number of hydrogen-bond donors (Lipinski definition) is 1. The van der Waals surface area contributed by atoms with Crippen LogP contribution in [0.25, 0.3) is 11.3 Å². The summed E-state index contributed by atoms with van der Waals surface area (Å²) in [6.45, 7) is 8.25. The summed E-state index contributed by atoms with van der Waals surface area (Å²) < 4.78 is 49.9. The minimum absolute atomic E-state index is 0.0287. The molecule has 1 unspecified atom stereocenters. The molecule has 4 nitrogen and oxygen atoms in total. The van der Waals surface area contributed by atoms with Gasteiger partial charge in [0.25, 0.3) is 0 Å². The Morgan fingerprint density at radius 2 is 1.85 bits per heavy atom. The average Bonchev–Trinajstić information content (AvgIpc) is 2.80. The molecule has 0 spiro atoms. The molecule has 0 aliphatic rings. The highest BCUT2D eigenvalue weighted by atomic mass is 32.2. The van der Waals surface area contributed by atoms with Gasteiger partial charge in [0, 0.05) is 17.1 Å². The molecule has 1 atom stereocenters. The fourth-order valence-corrected chi connectivity index (χ4v) is 4.34. The minimum atomic E-state index is -4.38. The third kappa shape index (κ3) is 7.01. The van der Waals surface area contributed by atoms with Crippen LogP contribution >= 0.6 is 11.8 Å². The summed E-state index contributed by atoms with van der Waals surface area (Å²) in [5, 5.41) is 9.12. The van der Waals surface area contributed by atoms with Gasteiger partial charge in [-0.25, -0.2) is 0 Å². The molecule has 0 saturated heterocycles. The molecule has 3 rings (SSSR count). The van der Waals surface area contributed by atoms with E-state index >= 15 is 0 Å². The Labute approximate surface area is 201 Å². The summed E-state index contributed by atoms with van der Waals surface area (Å²) in [4.78, 5) is 5.71. The molecule has 0 aliphatic carbocycles. The van der Waals surface area contributed by atoms with E-state index in [0.717, 1.165) is 28.3 Å². The van der Waals surface area contributed by atoms with Crippen molar-refractivity contribution >= 4 is 11.8 Å². The number of thioether (sulfide) groups is 1.